The Morgan fingerprint density at radius 1 is 0.923 bits per heavy atom. The molecule has 0 spiro atoms. The van der Waals surface area contributed by atoms with E-state index in [2.05, 4.69) is 44.8 Å². The van der Waals surface area contributed by atoms with Crippen LogP contribution in [0.5, 0.6) is 0 Å². The lowest BCUT2D eigenvalue weighted by Crippen LogP contribution is -2.46. The fraction of sp³-hybridized carbons (Fsp3) is 1.00. The smallest absolute Gasteiger partial charge is 0.0110 e. The predicted molar refractivity (Wildman–Crippen MR) is 60.1 cm³/mol. The van der Waals surface area contributed by atoms with Crippen LogP contribution in [0.3, 0.4) is 0 Å². The molecule has 1 N–H and O–H groups in total. The molecule has 1 fully saturated rings. The second kappa shape index (κ2) is 7.34. The highest BCUT2D eigenvalue weighted by Crippen LogP contribution is 1.97. The van der Waals surface area contributed by atoms with Crippen LogP contribution in [0.1, 0.15) is 34.6 Å². The van der Waals surface area contributed by atoms with Gasteiger partial charge < -0.3 is 5.32 Å². The van der Waals surface area contributed by atoms with Crippen molar-refractivity contribution < 1.29 is 0 Å². The van der Waals surface area contributed by atoms with Gasteiger partial charge in [0.2, 0.25) is 0 Å². The van der Waals surface area contributed by atoms with E-state index in [-0.39, 0.29) is 0 Å². The summed E-state index contributed by atoms with van der Waals surface area (Å²) in [5.41, 5.74) is 0. The standard InChI is InChI=1S/C7H16N2.C4H10/c1-7(2)9-5-3-8-4-6-9;1-4(2)3/h7-8H,3-6H2,1-2H3;4H,1-3H3. The van der Waals surface area contributed by atoms with E-state index in [0.717, 1.165) is 25.0 Å². The molecule has 0 aromatic heterocycles. The lowest BCUT2D eigenvalue weighted by atomic mass is 10.3. The Morgan fingerprint density at radius 3 is 1.54 bits per heavy atom. The maximum atomic E-state index is 3.33. The topological polar surface area (TPSA) is 15.3 Å². The zero-order valence-electron chi connectivity index (χ0n) is 9.93. The monoisotopic (exact) mass is 186 g/mol. The van der Waals surface area contributed by atoms with E-state index >= 15 is 0 Å². The van der Waals surface area contributed by atoms with E-state index in [1.54, 1.807) is 0 Å². The van der Waals surface area contributed by atoms with Crippen molar-refractivity contribution >= 4 is 0 Å². The number of piperazine rings is 1. The summed E-state index contributed by atoms with van der Waals surface area (Å²) in [6, 6.07) is 0.729. The van der Waals surface area contributed by atoms with Gasteiger partial charge in [-0.2, -0.15) is 0 Å². The number of nitrogens with zero attached hydrogens (tertiary/aromatic N) is 1. The Morgan fingerprint density at radius 2 is 1.31 bits per heavy atom. The first-order valence-corrected chi connectivity index (χ1v) is 5.48. The van der Waals surface area contributed by atoms with Gasteiger partial charge in [-0.3, -0.25) is 4.90 Å². The van der Waals surface area contributed by atoms with Crippen molar-refractivity contribution in [1.82, 2.24) is 10.2 Å². The summed E-state index contributed by atoms with van der Waals surface area (Å²) in [6.45, 7) is 15.8. The normalized spacial score (nSPS) is 18.7. The van der Waals surface area contributed by atoms with Crippen LogP contribution in [-0.4, -0.2) is 37.1 Å². The van der Waals surface area contributed by atoms with Gasteiger partial charge in [-0.15, -0.1) is 0 Å². The van der Waals surface area contributed by atoms with Crippen LogP contribution in [0, 0.1) is 5.92 Å². The van der Waals surface area contributed by atoms with Gasteiger partial charge in [0, 0.05) is 32.2 Å². The summed E-state index contributed by atoms with van der Waals surface area (Å²) in [4.78, 5) is 2.50. The minimum Gasteiger partial charge on any atom is -0.314 e. The molecular formula is C11H26N2. The van der Waals surface area contributed by atoms with Gasteiger partial charge in [0.1, 0.15) is 0 Å². The molecule has 0 bridgehead atoms. The minimum atomic E-state index is 0.729. The van der Waals surface area contributed by atoms with Crippen LogP contribution < -0.4 is 5.32 Å². The van der Waals surface area contributed by atoms with Gasteiger partial charge in [0.05, 0.1) is 0 Å². The zero-order chi connectivity index (χ0) is 10.3. The molecule has 0 atom stereocenters. The molecule has 13 heavy (non-hydrogen) atoms. The largest absolute Gasteiger partial charge is 0.314 e. The molecule has 0 aliphatic carbocycles. The van der Waals surface area contributed by atoms with Gasteiger partial charge in [0.15, 0.2) is 0 Å². The van der Waals surface area contributed by atoms with E-state index in [1.807, 2.05) is 0 Å². The molecule has 0 unspecified atom stereocenters. The molecule has 0 saturated carbocycles. The molecule has 0 aromatic rings. The van der Waals surface area contributed by atoms with Gasteiger partial charge in [-0.1, -0.05) is 20.8 Å². The molecule has 1 heterocycles. The first-order valence-electron chi connectivity index (χ1n) is 5.48. The van der Waals surface area contributed by atoms with E-state index in [4.69, 9.17) is 0 Å². The molecule has 80 valence electrons. The summed E-state index contributed by atoms with van der Waals surface area (Å²) in [5.74, 6) is 0.833. The highest BCUT2D eigenvalue weighted by molar-refractivity contribution is 4.69. The number of hydrogen-bond acceptors (Lipinski definition) is 2. The van der Waals surface area contributed by atoms with E-state index in [0.29, 0.717) is 0 Å². The molecule has 2 nitrogen and oxygen atoms in total. The Hall–Kier alpha value is -0.0800. The lowest BCUT2D eigenvalue weighted by Gasteiger charge is -2.30. The van der Waals surface area contributed by atoms with E-state index < -0.39 is 0 Å². The third kappa shape index (κ3) is 8.26. The van der Waals surface area contributed by atoms with Crippen molar-refractivity contribution in [2.75, 3.05) is 26.2 Å². The molecule has 0 radical (unpaired) electrons. The number of hydrogen-bond donors (Lipinski definition) is 1. The second-order valence-corrected chi connectivity index (χ2v) is 4.61. The van der Waals surface area contributed by atoms with Crippen molar-refractivity contribution in [3.8, 4) is 0 Å². The third-order valence-electron chi connectivity index (χ3n) is 1.88. The zero-order valence-corrected chi connectivity index (χ0v) is 9.93. The first-order chi connectivity index (χ1) is 6.04. The summed E-state index contributed by atoms with van der Waals surface area (Å²) >= 11 is 0. The second-order valence-electron chi connectivity index (χ2n) is 4.61. The van der Waals surface area contributed by atoms with Gasteiger partial charge in [0.25, 0.3) is 0 Å². The molecule has 0 amide bonds. The fourth-order valence-electron chi connectivity index (χ4n) is 1.20. The van der Waals surface area contributed by atoms with Crippen molar-refractivity contribution in [2.45, 2.75) is 40.7 Å². The van der Waals surface area contributed by atoms with Gasteiger partial charge in [-0.05, 0) is 19.8 Å². The molecule has 1 aliphatic rings. The quantitative estimate of drug-likeness (QED) is 0.673. The van der Waals surface area contributed by atoms with Crippen LogP contribution in [0.15, 0.2) is 0 Å². The number of rotatable bonds is 1. The molecule has 2 heteroatoms. The average Bonchev–Trinajstić information content (AvgIpc) is 2.05. The summed E-state index contributed by atoms with van der Waals surface area (Å²) in [7, 11) is 0. The van der Waals surface area contributed by atoms with Gasteiger partial charge in [-0.25, -0.2) is 0 Å². The van der Waals surface area contributed by atoms with Crippen molar-refractivity contribution in [3.05, 3.63) is 0 Å². The number of nitrogens with one attached hydrogen (secondary N) is 1. The van der Waals surface area contributed by atoms with Crippen LogP contribution in [0.4, 0.5) is 0 Å². The Balaban J connectivity index is 0.000000310. The van der Waals surface area contributed by atoms with E-state index in [9.17, 15) is 0 Å². The molecule has 0 aromatic carbocycles. The van der Waals surface area contributed by atoms with Crippen LogP contribution >= 0.6 is 0 Å². The SMILES string of the molecule is CC(C)C.CC(C)N1CCNCC1. The molecule has 1 aliphatic heterocycles. The van der Waals surface area contributed by atoms with Crippen LogP contribution in [0.25, 0.3) is 0 Å². The Labute approximate surface area is 83.7 Å². The first kappa shape index (κ1) is 12.9. The predicted octanol–water partition coefficient (Wildman–Crippen LogP) is 1.96. The van der Waals surface area contributed by atoms with Crippen LogP contribution in [-0.2, 0) is 0 Å². The fourth-order valence-corrected chi connectivity index (χ4v) is 1.20. The highest BCUT2D eigenvalue weighted by atomic mass is 15.2. The highest BCUT2D eigenvalue weighted by Gasteiger charge is 2.11. The summed E-state index contributed by atoms with van der Waals surface area (Å²) in [6.07, 6.45) is 0. The lowest BCUT2D eigenvalue weighted by molar-refractivity contribution is 0.196. The van der Waals surface area contributed by atoms with E-state index in [1.165, 1.54) is 13.1 Å². The molecular weight excluding hydrogens is 160 g/mol. The molecule has 1 rings (SSSR count). The Bertz CT molecular complexity index is 102. The summed E-state index contributed by atoms with van der Waals surface area (Å²) < 4.78 is 0. The van der Waals surface area contributed by atoms with Crippen LogP contribution in [0.2, 0.25) is 0 Å². The maximum Gasteiger partial charge on any atom is 0.0110 e. The van der Waals surface area contributed by atoms with Gasteiger partial charge >= 0.3 is 0 Å². The molecule has 1 saturated heterocycles. The minimum absolute atomic E-state index is 0.729. The third-order valence-corrected chi connectivity index (χ3v) is 1.88. The maximum absolute atomic E-state index is 3.33. The van der Waals surface area contributed by atoms with Crippen molar-refractivity contribution in [2.24, 2.45) is 5.92 Å². The summed E-state index contributed by atoms with van der Waals surface area (Å²) in [5, 5.41) is 3.33. The average molecular weight is 186 g/mol. The van der Waals surface area contributed by atoms with Crippen molar-refractivity contribution in [3.63, 3.8) is 0 Å². The van der Waals surface area contributed by atoms with Crippen molar-refractivity contribution in [1.29, 1.82) is 0 Å². The Kier molecular flexibility index (Phi) is 7.29.